The average molecular weight is 298 g/mol. The molecule has 0 radical (unpaired) electrons. The molecule has 6 nitrogen and oxygen atoms in total. The van der Waals surface area contributed by atoms with Crippen molar-refractivity contribution in [3.05, 3.63) is 0 Å². The first-order valence-corrected chi connectivity index (χ1v) is 7.99. The molecule has 1 unspecified atom stereocenters. The summed E-state index contributed by atoms with van der Waals surface area (Å²) in [4.78, 5) is 19.0. The predicted octanol–water partition coefficient (Wildman–Crippen LogP) is 0.177. The Bertz CT molecular complexity index is 359. The predicted molar refractivity (Wildman–Crippen MR) is 83.3 cm³/mol. The number of rotatable bonds is 5. The summed E-state index contributed by atoms with van der Waals surface area (Å²) in [6.45, 7) is 14.0. The number of amides is 2. The van der Waals surface area contributed by atoms with Crippen LogP contribution in [0, 0.1) is 0 Å². The van der Waals surface area contributed by atoms with Gasteiger partial charge in [-0.05, 0) is 27.7 Å². The molecule has 2 N–H and O–H groups in total. The van der Waals surface area contributed by atoms with Gasteiger partial charge >= 0.3 is 6.03 Å². The number of carbonyl (C=O) groups is 1. The maximum atomic E-state index is 12.4. The second-order valence-corrected chi connectivity index (χ2v) is 7.21. The number of hydrogen-bond acceptors (Lipinski definition) is 4. The zero-order valence-corrected chi connectivity index (χ0v) is 13.8. The first-order chi connectivity index (χ1) is 9.76. The van der Waals surface area contributed by atoms with Crippen molar-refractivity contribution in [2.45, 2.75) is 45.4 Å². The van der Waals surface area contributed by atoms with Gasteiger partial charge in [-0.2, -0.15) is 0 Å². The zero-order chi connectivity index (χ0) is 15.6. The van der Waals surface area contributed by atoms with E-state index in [1.165, 1.54) is 0 Å². The van der Waals surface area contributed by atoms with Gasteiger partial charge < -0.3 is 15.3 Å². The third kappa shape index (κ3) is 4.56. The number of aliphatic hydroxyl groups is 1. The van der Waals surface area contributed by atoms with Crippen molar-refractivity contribution in [2.75, 3.05) is 45.8 Å². The van der Waals surface area contributed by atoms with Crippen LogP contribution in [0.1, 0.15) is 27.7 Å². The molecule has 3 aliphatic rings. The summed E-state index contributed by atoms with van der Waals surface area (Å²) in [5.41, 5.74) is -0.874. The van der Waals surface area contributed by atoms with E-state index in [0.29, 0.717) is 19.1 Å². The molecule has 122 valence electrons. The van der Waals surface area contributed by atoms with E-state index in [2.05, 4.69) is 15.1 Å². The molecule has 0 aliphatic carbocycles. The zero-order valence-electron chi connectivity index (χ0n) is 13.8. The molecule has 3 fully saturated rings. The van der Waals surface area contributed by atoms with E-state index < -0.39 is 5.60 Å². The van der Waals surface area contributed by atoms with Crippen molar-refractivity contribution in [2.24, 2.45) is 0 Å². The summed E-state index contributed by atoms with van der Waals surface area (Å²) in [6, 6.07) is 0.417. The molecule has 6 heteroatoms. The van der Waals surface area contributed by atoms with Gasteiger partial charge in [0.1, 0.15) is 0 Å². The van der Waals surface area contributed by atoms with Crippen LogP contribution < -0.4 is 5.32 Å². The van der Waals surface area contributed by atoms with Gasteiger partial charge in [0.05, 0.1) is 12.1 Å². The van der Waals surface area contributed by atoms with Crippen LogP contribution in [-0.2, 0) is 0 Å². The summed E-state index contributed by atoms with van der Waals surface area (Å²) >= 11 is 0. The van der Waals surface area contributed by atoms with Crippen LogP contribution in [0.5, 0.6) is 0 Å². The van der Waals surface area contributed by atoms with E-state index in [0.717, 1.165) is 32.7 Å². The lowest BCUT2D eigenvalue weighted by atomic mass is 10.1. The first-order valence-electron chi connectivity index (χ1n) is 7.99. The number of urea groups is 1. The SMILES string of the molecule is CC(C)N(CC(C)(C)O)C(=O)NCC1CN2CCN1CC2. The Hall–Kier alpha value is -0.850. The molecule has 3 rings (SSSR count). The van der Waals surface area contributed by atoms with Crippen LogP contribution in [-0.4, -0.2) is 89.3 Å². The maximum absolute atomic E-state index is 12.4. The van der Waals surface area contributed by atoms with E-state index in [1.807, 2.05) is 13.8 Å². The molecule has 0 aromatic rings. The highest BCUT2D eigenvalue weighted by atomic mass is 16.3. The van der Waals surface area contributed by atoms with Crippen molar-refractivity contribution >= 4 is 6.03 Å². The maximum Gasteiger partial charge on any atom is 0.317 e. The highest BCUT2D eigenvalue weighted by molar-refractivity contribution is 5.74. The van der Waals surface area contributed by atoms with Crippen LogP contribution in [0.3, 0.4) is 0 Å². The Morgan fingerprint density at radius 2 is 1.95 bits per heavy atom. The third-order valence-corrected chi connectivity index (χ3v) is 4.32. The molecular formula is C15H30N4O2. The topological polar surface area (TPSA) is 59.1 Å². The Labute approximate surface area is 128 Å². The monoisotopic (exact) mass is 298 g/mol. The summed E-state index contributed by atoms with van der Waals surface area (Å²) in [5.74, 6) is 0. The highest BCUT2D eigenvalue weighted by Crippen LogP contribution is 2.15. The Kier molecular flexibility index (Phi) is 5.11. The van der Waals surface area contributed by atoms with Crippen LogP contribution in [0.4, 0.5) is 4.79 Å². The Morgan fingerprint density at radius 1 is 1.33 bits per heavy atom. The standard InChI is InChI=1S/C15H30N4O2/c1-12(2)19(11-15(3,4)21)14(20)16-9-13-10-17-5-7-18(13)8-6-17/h12-13,21H,5-11H2,1-4H3,(H,16,20). The molecule has 21 heavy (non-hydrogen) atoms. The number of fused-ring (bicyclic) bond motifs is 3. The van der Waals surface area contributed by atoms with Crippen molar-refractivity contribution < 1.29 is 9.90 Å². The molecule has 0 saturated carbocycles. The smallest absolute Gasteiger partial charge is 0.317 e. The normalized spacial score (nSPS) is 28.8. The van der Waals surface area contributed by atoms with E-state index in [9.17, 15) is 9.90 Å². The number of nitrogens with zero attached hydrogens (tertiary/aromatic N) is 3. The fourth-order valence-corrected chi connectivity index (χ4v) is 3.13. The number of hydrogen-bond donors (Lipinski definition) is 2. The molecule has 2 amide bonds. The Balaban J connectivity index is 1.84. The molecule has 0 spiro atoms. The van der Waals surface area contributed by atoms with Gasteiger partial charge in [0.15, 0.2) is 0 Å². The van der Waals surface area contributed by atoms with Crippen molar-refractivity contribution in [1.29, 1.82) is 0 Å². The van der Waals surface area contributed by atoms with Gasteiger partial charge in [0.2, 0.25) is 0 Å². The fraction of sp³-hybridized carbons (Fsp3) is 0.933. The van der Waals surface area contributed by atoms with E-state index in [1.54, 1.807) is 18.7 Å². The van der Waals surface area contributed by atoms with Gasteiger partial charge in [-0.3, -0.25) is 9.80 Å². The first kappa shape index (κ1) is 16.5. The van der Waals surface area contributed by atoms with Gasteiger partial charge in [0.25, 0.3) is 0 Å². The van der Waals surface area contributed by atoms with Gasteiger partial charge in [-0.25, -0.2) is 4.79 Å². The van der Waals surface area contributed by atoms with Crippen LogP contribution in [0.2, 0.25) is 0 Å². The molecule has 2 bridgehead atoms. The number of piperazine rings is 3. The highest BCUT2D eigenvalue weighted by Gasteiger charge is 2.32. The Morgan fingerprint density at radius 3 is 2.38 bits per heavy atom. The molecule has 1 atom stereocenters. The quantitative estimate of drug-likeness (QED) is 0.760. The lowest BCUT2D eigenvalue weighted by molar-refractivity contribution is 0.0126. The second kappa shape index (κ2) is 6.50. The molecule has 0 aromatic heterocycles. The number of carbonyl (C=O) groups excluding carboxylic acids is 1. The molecular weight excluding hydrogens is 268 g/mol. The van der Waals surface area contributed by atoms with Gasteiger partial charge in [-0.1, -0.05) is 0 Å². The van der Waals surface area contributed by atoms with E-state index >= 15 is 0 Å². The lowest BCUT2D eigenvalue weighted by Gasteiger charge is -2.47. The summed E-state index contributed by atoms with van der Waals surface area (Å²) in [6.07, 6.45) is 0. The van der Waals surface area contributed by atoms with Crippen molar-refractivity contribution in [3.63, 3.8) is 0 Å². The van der Waals surface area contributed by atoms with Gasteiger partial charge in [-0.15, -0.1) is 0 Å². The van der Waals surface area contributed by atoms with Crippen LogP contribution in [0.25, 0.3) is 0 Å². The van der Waals surface area contributed by atoms with Gasteiger partial charge in [0, 0.05) is 51.4 Å². The molecule has 3 aliphatic heterocycles. The lowest BCUT2D eigenvalue weighted by Crippen LogP contribution is -2.64. The van der Waals surface area contributed by atoms with E-state index in [4.69, 9.17) is 0 Å². The molecule has 0 aromatic carbocycles. The van der Waals surface area contributed by atoms with Crippen molar-refractivity contribution in [3.8, 4) is 0 Å². The van der Waals surface area contributed by atoms with E-state index in [-0.39, 0.29) is 12.1 Å². The largest absolute Gasteiger partial charge is 0.389 e. The molecule has 3 saturated heterocycles. The van der Waals surface area contributed by atoms with Crippen LogP contribution >= 0.6 is 0 Å². The third-order valence-electron chi connectivity index (χ3n) is 4.32. The summed E-state index contributed by atoms with van der Waals surface area (Å²) < 4.78 is 0. The minimum absolute atomic E-state index is 0.0725. The minimum Gasteiger partial charge on any atom is -0.389 e. The second-order valence-electron chi connectivity index (χ2n) is 7.21. The average Bonchev–Trinajstić information content (AvgIpc) is 2.42. The summed E-state index contributed by atoms with van der Waals surface area (Å²) in [5, 5.41) is 13.0. The van der Waals surface area contributed by atoms with Crippen molar-refractivity contribution in [1.82, 2.24) is 20.0 Å². The molecule has 3 heterocycles. The van der Waals surface area contributed by atoms with Crippen LogP contribution in [0.15, 0.2) is 0 Å². The minimum atomic E-state index is -0.874. The fourth-order valence-electron chi connectivity index (χ4n) is 3.13. The summed E-state index contributed by atoms with van der Waals surface area (Å²) in [7, 11) is 0. The number of nitrogens with one attached hydrogen (secondary N) is 1.